The number of anilines is 1. The van der Waals surface area contributed by atoms with Gasteiger partial charge in [-0.3, -0.25) is 4.57 Å². The molecule has 1 aliphatic rings. The average molecular weight is 254 g/mol. The van der Waals surface area contributed by atoms with Crippen LogP contribution in [0.2, 0.25) is 0 Å². The zero-order valence-electron chi connectivity index (χ0n) is 8.91. The summed E-state index contributed by atoms with van der Waals surface area (Å²) in [5, 5.41) is 17.5. The molecule has 1 fully saturated rings. The van der Waals surface area contributed by atoms with E-state index in [0.29, 0.717) is 0 Å². The molecule has 2 heterocycles. The van der Waals surface area contributed by atoms with Crippen LogP contribution in [0.5, 0.6) is 0 Å². The third kappa shape index (κ3) is 2.11. The standard InChI is InChI=1S/C9H12N3O4Si/c10-7-1-2-12(8(15)11-7)9(17)3-5(14)6(4-13)16-9/h1-2,5-6,13-14H,3-4H2,(H2,10,11,15)/t5-,6+,9-/m0/s1. The molecule has 17 heavy (non-hydrogen) atoms. The number of nitrogens with two attached hydrogens (primary N) is 1. The lowest BCUT2D eigenvalue weighted by Gasteiger charge is -2.26. The maximum Gasteiger partial charge on any atom is 0.351 e. The van der Waals surface area contributed by atoms with Crippen LogP contribution in [0.3, 0.4) is 0 Å². The zero-order chi connectivity index (χ0) is 12.6. The van der Waals surface area contributed by atoms with Crippen LogP contribution in [0.15, 0.2) is 17.1 Å². The summed E-state index contributed by atoms with van der Waals surface area (Å²) in [5.74, 6) is 0.110. The Kier molecular flexibility index (Phi) is 3.04. The summed E-state index contributed by atoms with van der Waals surface area (Å²) in [4.78, 5) is 15.2. The summed E-state index contributed by atoms with van der Waals surface area (Å²) in [6.07, 6.45) is -0.0518. The van der Waals surface area contributed by atoms with Crippen molar-refractivity contribution in [3.63, 3.8) is 0 Å². The van der Waals surface area contributed by atoms with Gasteiger partial charge in [0.2, 0.25) is 0 Å². The maximum absolute atomic E-state index is 11.7. The van der Waals surface area contributed by atoms with E-state index in [1.54, 1.807) is 0 Å². The van der Waals surface area contributed by atoms with Crippen LogP contribution in [-0.2, 0) is 10.1 Å². The number of rotatable bonds is 2. The predicted octanol–water partition coefficient (Wildman–Crippen LogP) is -2.25. The highest BCUT2D eigenvalue weighted by Gasteiger charge is 2.44. The van der Waals surface area contributed by atoms with Gasteiger partial charge < -0.3 is 20.7 Å². The highest BCUT2D eigenvalue weighted by molar-refractivity contribution is 6.12. The maximum atomic E-state index is 11.7. The summed E-state index contributed by atoms with van der Waals surface area (Å²) in [6, 6.07) is 1.45. The van der Waals surface area contributed by atoms with Crippen molar-refractivity contribution in [1.29, 1.82) is 0 Å². The Labute approximate surface area is 100 Å². The second kappa shape index (κ2) is 4.22. The average Bonchev–Trinajstić information content (AvgIpc) is 2.54. The van der Waals surface area contributed by atoms with Crippen LogP contribution in [0.4, 0.5) is 5.82 Å². The molecule has 0 amide bonds. The van der Waals surface area contributed by atoms with Crippen molar-refractivity contribution >= 4 is 16.1 Å². The van der Waals surface area contributed by atoms with Crippen molar-refractivity contribution < 1.29 is 14.9 Å². The Bertz CT molecular complexity index is 480. The molecule has 0 aromatic carbocycles. The fraction of sp³-hybridized carbons (Fsp3) is 0.556. The molecule has 0 saturated carbocycles. The predicted molar refractivity (Wildman–Crippen MR) is 59.2 cm³/mol. The van der Waals surface area contributed by atoms with Crippen molar-refractivity contribution in [3.05, 3.63) is 22.7 Å². The van der Waals surface area contributed by atoms with Crippen molar-refractivity contribution in [2.24, 2.45) is 0 Å². The molecule has 1 aromatic heterocycles. The minimum atomic E-state index is -1.20. The number of nitrogens with zero attached hydrogens (tertiary/aromatic N) is 2. The minimum Gasteiger partial charge on any atom is -0.394 e. The number of aliphatic hydroxyl groups is 2. The van der Waals surface area contributed by atoms with Gasteiger partial charge in [-0.1, -0.05) is 0 Å². The molecule has 91 valence electrons. The van der Waals surface area contributed by atoms with E-state index in [9.17, 15) is 9.90 Å². The van der Waals surface area contributed by atoms with Gasteiger partial charge in [-0.05, 0) is 6.07 Å². The molecule has 0 bridgehead atoms. The summed E-state index contributed by atoms with van der Waals surface area (Å²) in [7, 11) is 3.30. The van der Waals surface area contributed by atoms with Gasteiger partial charge in [0.15, 0.2) is 0 Å². The van der Waals surface area contributed by atoms with Gasteiger partial charge in [0.25, 0.3) is 0 Å². The number of hydrogen-bond donors (Lipinski definition) is 3. The van der Waals surface area contributed by atoms with Crippen LogP contribution in [0.25, 0.3) is 0 Å². The lowest BCUT2D eigenvalue weighted by atomic mass is 10.2. The van der Waals surface area contributed by atoms with E-state index in [-0.39, 0.29) is 18.8 Å². The van der Waals surface area contributed by atoms with Crippen LogP contribution >= 0.6 is 0 Å². The van der Waals surface area contributed by atoms with Crippen molar-refractivity contribution in [2.75, 3.05) is 12.3 Å². The second-order valence-corrected chi connectivity index (χ2v) is 4.68. The Balaban J connectivity index is 2.37. The highest BCUT2D eigenvalue weighted by Crippen LogP contribution is 2.31. The first-order chi connectivity index (χ1) is 7.96. The van der Waals surface area contributed by atoms with Crippen molar-refractivity contribution in [1.82, 2.24) is 9.55 Å². The molecule has 1 saturated heterocycles. The van der Waals surface area contributed by atoms with Gasteiger partial charge >= 0.3 is 5.69 Å². The quantitative estimate of drug-likeness (QED) is 0.514. The second-order valence-electron chi connectivity index (χ2n) is 3.90. The molecule has 8 heteroatoms. The van der Waals surface area contributed by atoms with Gasteiger partial charge in [0.1, 0.15) is 27.5 Å². The minimum absolute atomic E-state index is 0.110. The summed E-state index contributed by atoms with van der Waals surface area (Å²) >= 11 is 0. The summed E-state index contributed by atoms with van der Waals surface area (Å²) in [5.41, 5.74) is 4.79. The first kappa shape index (κ1) is 12.2. The summed E-state index contributed by atoms with van der Waals surface area (Å²) in [6.45, 7) is -0.329. The van der Waals surface area contributed by atoms with Gasteiger partial charge in [-0.25, -0.2) is 4.79 Å². The van der Waals surface area contributed by atoms with Gasteiger partial charge in [-0.2, -0.15) is 4.98 Å². The van der Waals surface area contributed by atoms with Crippen molar-refractivity contribution in [3.8, 4) is 0 Å². The third-order valence-electron chi connectivity index (χ3n) is 2.66. The Morgan fingerprint density at radius 3 is 3.00 bits per heavy atom. The lowest BCUT2D eigenvalue weighted by molar-refractivity contribution is -0.0695. The first-order valence-electron chi connectivity index (χ1n) is 5.04. The summed E-state index contributed by atoms with van der Waals surface area (Å²) < 4.78 is 6.59. The van der Waals surface area contributed by atoms with Gasteiger partial charge in [-0.15, -0.1) is 0 Å². The molecular weight excluding hydrogens is 242 g/mol. The molecule has 7 nitrogen and oxygen atoms in total. The SMILES string of the molecule is Nc1ccn([C@@]2([Si])C[C@H](O)[C@@H](CO)O2)c(=O)n1. The number of aliphatic hydroxyl groups excluding tert-OH is 2. The highest BCUT2D eigenvalue weighted by atomic mass is 28.1. The fourth-order valence-corrected chi connectivity index (χ4v) is 2.33. The van der Waals surface area contributed by atoms with Crippen molar-refractivity contribution in [2.45, 2.75) is 24.0 Å². The first-order valence-corrected chi connectivity index (χ1v) is 5.54. The molecule has 4 N–H and O–H groups in total. The third-order valence-corrected chi connectivity index (χ3v) is 3.22. The molecule has 1 aromatic rings. The van der Waals surface area contributed by atoms with Gasteiger partial charge in [0, 0.05) is 12.6 Å². The molecular formula is C9H12N3O4Si. The van der Waals surface area contributed by atoms with Crippen LogP contribution < -0.4 is 11.4 Å². The van der Waals surface area contributed by atoms with E-state index < -0.39 is 23.2 Å². The van der Waals surface area contributed by atoms with E-state index in [2.05, 4.69) is 15.2 Å². The van der Waals surface area contributed by atoms with Gasteiger partial charge in [0.05, 0.1) is 12.7 Å². The normalized spacial score (nSPS) is 32.9. The van der Waals surface area contributed by atoms with Crippen LogP contribution in [0, 0.1) is 0 Å². The molecule has 3 atom stereocenters. The molecule has 0 spiro atoms. The van der Waals surface area contributed by atoms with E-state index in [1.165, 1.54) is 16.8 Å². The molecule has 3 radical (unpaired) electrons. The molecule has 2 rings (SSSR count). The Morgan fingerprint density at radius 1 is 1.76 bits per heavy atom. The molecule has 0 aliphatic carbocycles. The lowest BCUT2D eigenvalue weighted by Crippen LogP contribution is -2.43. The van der Waals surface area contributed by atoms with Crippen LogP contribution in [0.1, 0.15) is 6.42 Å². The zero-order valence-corrected chi connectivity index (χ0v) is 9.91. The number of nitrogen functional groups attached to an aromatic ring is 1. The number of aromatic nitrogens is 2. The molecule has 1 aliphatic heterocycles. The largest absolute Gasteiger partial charge is 0.394 e. The molecule has 0 unspecified atom stereocenters. The number of hydrogen-bond acceptors (Lipinski definition) is 6. The Morgan fingerprint density at radius 2 is 2.47 bits per heavy atom. The van der Waals surface area contributed by atoms with Crippen LogP contribution in [-0.4, -0.2) is 48.8 Å². The Hall–Kier alpha value is -1.22. The monoisotopic (exact) mass is 254 g/mol. The smallest absolute Gasteiger partial charge is 0.351 e. The van der Waals surface area contributed by atoms with E-state index in [1.807, 2.05) is 0 Å². The van der Waals surface area contributed by atoms with E-state index in [4.69, 9.17) is 15.6 Å². The fourth-order valence-electron chi connectivity index (χ4n) is 1.80. The topological polar surface area (TPSA) is 111 Å². The van der Waals surface area contributed by atoms with E-state index in [0.717, 1.165) is 0 Å². The number of ether oxygens (including phenoxy) is 1. The van der Waals surface area contributed by atoms with E-state index >= 15 is 0 Å².